The number of hydrogen-bond donors (Lipinski definition) is 1. The molecule has 34 heavy (non-hydrogen) atoms. The molecule has 0 bridgehead atoms. The van der Waals surface area contributed by atoms with Crippen molar-refractivity contribution in [1.29, 1.82) is 0 Å². The summed E-state index contributed by atoms with van der Waals surface area (Å²) in [6.45, 7) is 0.254. The van der Waals surface area contributed by atoms with Gasteiger partial charge in [-0.15, -0.1) is 0 Å². The predicted octanol–water partition coefficient (Wildman–Crippen LogP) is 2.33. The lowest BCUT2D eigenvalue weighted by Gasteiger charge is -2.22. The Morgan fingerprint density at radius 1 is 1.00 bits per heavy atom. The van der Waals surface area contributed by atoms with Gasteiger partial charge in [-0.3, -0.25) is 19.3 Å². The van der Waals surface area contributed by atoms with Crippen LogP contribution in [0.25, 0.3) is 0 Å². The van der Waals surface area contributed by atoms with Gasteiger partial charge in [0.25, 0.3) is 5.91 Å². The number of ketones is 1. The van der Waals surface area contributed by atoms with E-state index in [1.807, 2.05) is 6.07 Å². The highest BCUT2D eigenvalue weighted by Gasteiger charge is 2.47. The van der Waals surface area contributed by atoms with Crippen LogP contribution in [0.2, 0.25) is 0 Å². The summed E-state index contributed by atoms with van der Waals surface area (Å²) >= 11 is 0. The van der Waals surface area contributed by atoms with Gasteiger partial charge < -0.3 is 5.32 Å². The Balaban J connectivity index is 1.45. The number of sulfone groups is 1. The van der Waals surface area contributed by atoms with E-state index in [4.69, 9.17) is 0 Å². The van der Waals surface area contributed by atoms with Crippen molar-refractivity contribution in [2.75, 3.05) is 17.2 Å². The maximum absolute atomic E-state index is 12.8. The molecule has 1 N–H and O–H groups in total. The number of carbonyl (C=O) groups is 3. The zero-order chi connectivity index (χ0) is 24.1. The van der Waals surface area contributed by atoms with Crippen molar-refractivity contribution in [3.63, 3.8) is 0 Å². The third-order valence-corrected chi connectivity index (χ3v) is 7.06. The van der Waals surface area contributed by atoms with Crippen LogP contribution in [-0.4, -0.2) is 48.3 Å². The average Bonchev–Trinajstić information content (AvgIpc) is 3.10. The molecule has 1 aliphatic rings. The topological polar surface area (TPSA) is 126 Å². The van der Waals surface area contributed by atoms with Crippen LogP contribution in [0.3, 0.4) is 0 Å². The van der Waals surface area contributed by atoms with Crippen molar-refractivity contribution < 1.29 is 22.8 Å². The van der Waals surface area contributed by atoms with Crippen molar-refractivity contribution in [3.8, 4) is 0 Å². The zero-order valence-electron chi connectivity index (χ0n) is 18.1. The van der Waals surface area contributed by atoms with E-state index in [9.17, 15) is 22.8 Å². The molecule has 3 aromatic rings. The van der Waals surface area contributed by atoms with E-state index < -0.39 is 32.8 Å². The molecule has 0 radical (unpaired) electrons. The molecular formula is C24H22N4O5S. The fourth-order valence-corrected chi connectivity index (χ4v) is 5.38. The number of pyridine rings is 2. The van der Waals surface area contributed by atoms with Crippen LogP contribution in [0.4, 0.5) is 5.82 Å². The largest absolute Gasteiger partial charge is 0.351 e. The van der Waals surface area contributed by atoms with E-state index in [1.54, 1.807) is 42.5 Å². The number of nitrogens with one attached hydrogen (secondary N) is 1. The molecule has 1 fully saturated rings. The molecule has 9 nitrogen and oxygen atoms in total. The first-order chi connectivity index (χ1) is 16.4. The lowest BCUT2D eigenvalue weighted by molar-refractivity contribution is -0.115. The number of nitrogens with zero attached hydrogens (tertiary/aromatic N) is 3. The molecule has 1 unspecified atom stereocenters. The number of anilines is 1. The van der Waals surface area contributed by atoms with Gasteiger partial charge in [-0.25, -0.2) is 18.4 Å². The Hall–Kier alpha value is -3.92. The van der Waals surface area contributed by atoms with E-state index in [0.29, 0.717) is 12.0 Å². The van der Waals surface area contributed by atoms with Crippen LogP contribution in [-0.2, 0) is 14.6 Å². The molecule has 3 heterocycles. The fourth-order valence-electron chi connectivity index (χ4n) is 3.70. The molecule has 0 spiro atoms. The summed E-state index contributed by atoms with van der Waals surface area (Å²) in [5.41, 5.74) is 0.693. The minimum atomic E-state index is -3.88. The van der Waals surface area contributed by atoms with Gasteiger partial charge in [-0.05, 0) is 30.7 Å². The maximum Gasteiger partial charge on any atom is 0.269 e. The smallest absolute Gasteiger partial charge is 0.269 e. The molecule has 4 rings (SSSR count). The van der Waals surface area contributed by atoms with Crippen molar-refractivity contribution >= 4 is 33.3 Å². The quantitative estimate of drug-likeness (QED) is 0.389. The summed E-state index contributed by atoms with van der Waals surface area (Å²) in [6, 6.07) is 18.2. The molecule has 1 aliphatic heterocycles. The van der Waals surface area contributed by atoms with E-state index in [2.05, 4.69) is 15.3 Å². The van der Waals surface area contributed by atoms with Crippen molar-refractivity contribution in [2.24, 2.45) is 0 Å². The number of benzene rings is 1. The van der Waals surface area contributed by atoms with Gasteiger partial charge in [-0.2, -0.15) is 0 Å². The van der Waals surface area contributed by atoms with Gasteiger partial charge in [0.15, 0.2) is 21.0 Å². The highest BCUT2D eigenvalue weighted by Crippen LogP contribution is 2.35. The van der Waals surface area contributed by atoms with Crippen LogP contribution in [0.15, 0.2) is 72.9 Å². The third-order valence-electron chi connectivity index (χ3n) is 5.28. The SMILES string of the molecule is O=C(CCCNC(=O)c1cccc(C2N(c3ccccn3)C(=O)CS2(=O)=O)n1)c1ccccc1. The Morgan fingerprint density at radius 3 is 2.50 bits per heavy atom. The molecule has 1 aromatic carbocycles. The van der Waals surface area contributed by atoms with Crippen LogP contribution < -0.4 is 10.2 Å². The van der Waals surface area contributed by atoms with Gasteiger partial charge in [0.2, 0.25) is 5.91 Å². The van der Waals surface area contributed by atoms with Gasteiger partial charge in [0.05, 0.1) is 5.69 Å². The first kappa shape index (κ1) is 23.2. The zero-order valence-corrected chi connectivity index (χ0v) is 18.9. The molecule has 10 heteroatoms. The second-order valence-corrected chi connectivity index (χ2v) is 9.77. The summed E-state index contributed by atoms with van der Waals surface area (Å²) in [5.74, 6) is -1.59. The van der Waals surface area contributed by atoms with Crippen LogP contribution in [0.5, 0.6) is 0 Å². The standard InChI is InChI=1S/C24H22N4O5S/c29-20(17-8-2-1-3-9-17)12-7-15-26-23(31)18-10-6-11-19(27-18)24-28(21-13-4-5-14-25-21)22(30)16-34(24,32)33/h1-6,8-11,13-14,24H,7,12,15-16H2,(H,26,31). The summed E-state index contributed by atoms with van der Waals surface area (Å²) in [7, 11) is -3.88. The molecular weight excluding hydrogens is 456 g/mol. The molecule has 1 atom stereocenters. The lowest BCUT2D eigenvalue weighted by Crippen LogP contribution is -2.31. The van der Waals surface area contributed by atoms with Gasteiger partial charge in [-0.1, -0.05) is 42.5 Å². The van der Waals surface area contributed by atoms with Gasteiger partial charge in [0, 0.05) is 24.7 Å². The van der Waals surface area contributed by atoms with E-state index in [0.717, 1.165) is 4.90 Å². The molecule has 0 saturated carbocycles. The van der Waals surface area contributed by atoms with Crippen LogP contribution >= 0.6 is 0 Å². The van der Waals surface area contributed by atoms with E-state index >= 15 is 0 Å². The number of amides is 2. The van der Waals surface area contributed by atoms with Crippen molar-refractivity contribution in [2.45, 2.75) is 18.2 Å². The fraction of sp³-hybridized carbons (Fsp3) is 0.208. The first-order valence-corrected chi connectivity index (χ1v) is 12.4. The number of Topliss-reactive ketones (excluding diaryl/α,β-unsaturated/α-hetero) is 1. The Labute approximate surface area is 196 Å². The number of rotatable bonds is 8. The second-order valence-electron chi connectivity index (χ2n) is 7.71. The predicted molar refractivity (Wildman–Crippen MR) is 125 cm³/mol. The van der Waals surface area contributed by atoms with Gasteiger partial charge >= 0.3 is 0 Å². The number of hydrogen-bond acceptors (Lipinski definition) is 7. The van der Waals surface area contributed by atoms with Crippen molar-refractivity contribution in [1.82, 2.24) is 15.3 Å². The monoisotopic (exact) mass is 478 g/mol. The van der Waals surface area contributed by atoms with E-state index in [1.165, 1.54) is 24.4 Å². The minimum absolute atomic E-state index is 0.0132. The second kappa shape index (κ2) is 9.92. The lowest BCUT2D eigenvalue weighted by atomic mass is 10.1. The minimum Gasteiger partial charge on any atom is -0.351 e. The molecule has 174 valence electrons. The highest BCUT2D eigenvalue weighted by atomic mass is 32.2. The average molecular weight is 479 g/mol. The number of aromatic nitrogens is 2. The molecule has 2 aromatic heterocycles. The molecule has 2 amide bonds. The third kappa shape index (κ3) is 5.01. The summed E-state index contributed by atoms with van der Waals surface area (Å²) in [6.07, 6.45) is 2.18. The summed E-state index contributed by atoms with van der Waals surface area (Å²) in [4.78, 5) is 46.7. The Kier molecular flexibility index (Phi) is 6.78. The molecule has 0 aliphatic carbocycles. The van der Waals surface area contributed by atoms with Crippen LogP contribution in [0, 0.1) is 0 Å². The molecule has 1 saturated heterocycles. The van der Waals surface area contributed by atoms with Gasteiger partial charge in [0.1, 0.15) is 17.3 Å². The Bertz CT molecular complexity index is 1310. The van der Waals surface area contributed by atoms with E-state index in [-0.39, 0.29) is 36.0 Å². The maximum atomic E-state index is 12.8. The van der Waals surface area contributed by atoms with Crippen molar-refractivity contribution in [3.05, 3.63) is 89.9 Å². The number of carbonyl (C=O) groups excluding carboxylic acids is 3. The first-order valence-electron chi connectivity index (χ1n) is 10.6. The van der Waals surface area contributed by atoms with Crippen LogP contribution in [0.1, 0.15) is 44.8 Å². The summed E-state index contributed by atoms with van der Waals surface area (Å²) in [5, 5.41) is 1.33. The normalized spacial score (nSPS) is 16.9. The Morgan fingerprint density at radius 2 is 1.76 bits per heavy atom. The highest BCUT2D eigenvalue weighted by molar-refractivity contribution is 7.93. The summed E-state index contributed by atoms with van der Waals surface area (Å²) < 4.78 is 25.5.